The second-order valence-electron chi connectivity index (χ2n) is 3.15. The van der Waals surface area contributed by atoms with Gasteiger partial charge in [0.1, 0.15) is 0 Å². The van der Waals surface area contributed by atoms with Gasteiger partial charge in [-0.15, -0.1) is 0 Å². The highest BCUT2D eigenvalue weighted by Gasteiger charge is 2.01. The minimum atomic E-state index is -0.234. The number of nitrogens with zero attached hydrogens (tertiary/aromatic N) is 1. The summed E-state index contributed by atoms with van der Waals surface area (Å²) in [6, 6.07) is 8.26. The predicted octanol–water partition coefficient (Wildman–Crippen LogP) is 0.601. The van der Waals surface area contributed by atoms with Gasteiger partial charge in [0.15, 0.2) is 0 Å². The molecule has 2 rings (SSSR count). The molecule has 5 heteroatoms. The van der Waals surface area contributed by atoms with Crippen molar-refractivity contribution in [2.75, 3.05) is 11.5 Å². The smallest absolute Gasteiger partial charge is 0.264 e. The molecule has 0 saturated carbocycles. The molecule has 5 N–H and O–H groups in total. The first-order valence-corrected chi connectivity index (χ1v) is 4.38. The van der Waals surface area contributed by atoms with E-state index in [1.54, 1.807) is 24.3 Å². The van der Waals surface area contributed by atoms with Crippen molar-refractivity contribution >= 4 is 11.4 Å². The van der Waals surface area contributed by atoms with E-state index in [1.807, 2.05) is 0 Å². The highest BCUT2D eigenvalue weighted by molar-refractivity contribution is 5.72. The van der Waals surface area contributed by atoms with E-state index < -0.39 is 0 Å². The van der Waals surface area contributed by atoms with Crippen LogP contribution in [-0.2, 0) is 0 Å². The molecule has 0 aliphatic heterocycles. The van der Waals surface area contributed by atoms with E-state index in [9.17, 15) is 4.79 Å². The fourth-order valence-electron chi connectivity index (χ4n) is 1.24. The number of nitrogens with one attached hydrogen (secondary N) is 1. The number of hydrogen-bond acceptors (Lipinski definition) is 4. The molecular weight excluding hydrogens is 192 g/mol. The van der Waals surface area contributed by atoms with Crippen LogP contribution in [0, 0.1) is 0 Å². The van der Waals surface area contributed by atoms with E-state index in [0.717, 1.165) is 5.56 Å². The summed E-state index contributed by atoms with van der Waals surface area (Å²) in [7, 11) is 0. The van der Waals surface area contributed by atoms with Crippen LogP contribution < -0.4 is 17.0 Å². The third-order valence-electron chi connectivity index (χ3n) is 2.06. The first-order chi connectivity index (χ1) is 7.16. The van der Waals surface area contributed by atoms with Gasteiger partial charge in [0.2, 0.25) is 0 Å². The molecule has 0 saturated heterocycles. The number of aromatic nitrogens is 2. The molecule has 0 atom stereocenters. The number of H-pyrrole nitrogens is 1. The van der Waals surface area contributed by atoms with Crippen molar-refractivity contribution in [1.82, 2.24) is 10.2 Å². The third kappa shape index (κ3) is 1.80. The summed E-state index contributed by atoms with van der Waals surface area (Å²) in [5.41, 5.74) is 13.5. The standard InChI is InChI=1S/C10H10N4O/c11-7-2-1-6(5-8(7)12)9-3-4-10(15)14-13-9/h1-5H,11-12H2,(H,14,15). The zero-order valence-electron chi connectivity index (χ0n) is 7.90. The molecule has 2 aromatic rings. The molecular formula is C10H10N4O. The summed E-state index contributed by atoms with van der Waals surface area (Å²) in [5.74, 6) is 0. The number of anilines is 2. The highest BCUT2D eigenvalue weighted by Crippen LogP contribution is 2.22. The second kappa shape index (κ2) is 3.45. The Hall–Kier alpha value is -2.30. The van der Waals surface area contributed by atoms with Crippen molar-refractivity contribution < 1.29 is 0 Å². The van der Waals surface area contributed by atoms with Crippen molar-refractivity contribution in [2.45, 2.75) is 0 Å². The summed E-state index contributed by atoms with van der Waals surface area (Å²) in [4.78, 5) is 10.8. The van der Waals surface area contributed by atoms with E-state index in [1.165, 1.54) is 6.07 Å². The Morgan fingerprint density at radius 2 is 1.87 bits per heavy atom. The van der Waals surface area contributed by atoms with Crippen molar-refractivity contribution in [1.29, 1.82) is 0 Å². The Balaban J connectivity index is 2.50. The van der Waals surface area contributed by atoms with Crippen LogP contribution in [0.2, 0.25) is 0 Å². The predicted molar refractivity (Wildman–Crippen MR) is 59.1 cm³/mol. The lowest BCUT2D eigenvalue weighted by Crippen LogP contribution is -2.05. The summed E-state index contributed by atoms with van der Waals surface area (Å²) in [5, 5.41) is 6.24. The van der Waals surface area contributed by atoms with Gasteiger partial charge in [-0.25, -0.2) is 5.10 Å². The largest absolute Gasteiger partial charge is 0.397 e. The number of hydrogen-bond donors (Lipinski definition) is 3. The van der Waals surface area contributed by atoms with Crippen molar-refractivity contribution in [3.8, 4) is 11.3 Å². The molecule has 76 valence electrons. The minimum absolute atomic E-state index is 0.234. The first kappa shape index (κ1) is 9.26. The molecule has 0 spiro atoms. The minimum Gasteiger partial charge on any atom is -0.397 e. The average molecular weight is 202 g/mol. The molecule has 1 aromatic carbocycles. The van der Waals surface area contributed by atoms with Crippen LogP contribution in [0.5, 0.6) is 0 Å². The molecule has 1 aromatic heterocycles. The van der Waals surface area contributed by atoms with Crippen molar-refractivity contribution in [2.24, 2.45) is 0 Å². The lowest BCUT2D eigenvalue weighted by molar-refractivity contribution is 0.995. The van der Waals surface area contributed by atoms with Gasteiger partial charge >= 0.3 is 0 Å². The zero-order valence-corrected chi connectivity index (χ0v) is 7.90. The van der Waals surface area contributed by atoms with Gasteiger partial charge in [-0.05, 0) is 18.2 Å². The quantitative estimate of drug-likeness (QED) is 0.590. The van der Waals surface area contributed by atoms with Crippen LogP contribution in [0.25, 0.3) is 11.3 Å². The maximum absolute atomic E-state index is 10.8. The Labute approximate surface area is 85.7 Å². The fraction of sp³-hybridized carbons (Fsp3) is 0. The van der Waals surface area contributed by atoms with Crippen LogP contribution in [0.1, 0.15) is 0 Å². The van der Waals surface area contributed by atoms with Crippen LogP contribution in [0.15, 0.2) is 35.1 Å². The maximum Gasteiger partial charge on any atom is 0.264 e. The second-order valence-corrected chi connectivity index (χ2v) is 3.15. The van der Waals surface area contributed by atoms with Gasteiger partial charge in [0, 0.05) is 11.6 Å². The Morgan fingerprint density at radius 3 is 2.47 bits per heavy atom. The fourth-order valence-corrected chi connectivity index (χ4v) is 1.24. The number of nitrogen functional groups attached to an aromatic ring is 2. The van der Waals surface area contributed by atoms with E-state index in [4.69, 9.17) is 11.5 Å². The molecule has 0 unspecified atom stereocenters. The van der Waals surface area contributed by atoms with Gasteiger partial charge in [0.25, 0.3) is 5.56 Å². The van der Waals surface area contributed by atoms with Gasteiger partial charge in [0.05, 0.1) is 17.1 Å². The highest BCUT2D eigenvalue weighted by atomic mass is 16.1. The molecule has 1 heterocycles. The number of rotatable bonds is 1. The zero-order chi connectivity index (χ0) is 10.8. The summed E-state index contributed by atoms with van der Waals surface area (Å²) in [6.45, 7) is 0. The number of nitrogens with two attached hydrogens (primary N) is 2. The summed E-state index contributed by atoms with van der Waals surface area (Å²) >= 11 is 0. The molecule has 0 aliphatic carbocycles. The van der Waals surface area contributed by atoms with Gasteiger partial charge < -0.3 is 11.5 Å². The Morgan fingerprint density at radius 1 is 1.07 bits per heavy atom. The monoisotopic (exact) mass is 202 g/mol. The van der Waals surface area contributed by atoms with Gasteiger partial charge in [-0.2, -0.15) is 5.10 Å². The molecule has 0 radical (unpaired) electrons. The van der Waals surface area contributed by atoms with E-state index in [0.29, 0.717) is 17.1 Å². The molecule has 0 amide bonds. The number of aromatic amines is 1. The van der Waals surface area contributed by atoms with Gasteiger partial charge in [-0.1, -0.05) is 6.07 Å². The third-order valence-corrected chi connectivity index (χ3v) is 2.06. The Kier molecular flexibility index (Phi) is 2.13. The molecule has 0 fully saturated rings. The lowest BCUT2D eigenvalue weighted by Gasteiger charge is -2.03. The van der Waals surface area contributed by atoms with E-state index in [2.05, 4.69) is 10.2 Å². The number of benzene rings is 1. The van der Waals surface area contributed by atoms with Crippen LogP contribution in [0.3, 0.4) is 0 Å². The molecule has 0 aliphatic rings. The SMILES string of the molecule is Nc1ccc(-c2ccc(=O)[nH]n2)cc1N. The molecule has 0 bridgehead atoms. The van der Waals surface area contributed by atoms with Gasteiger partial charge in [-0.3, -0.25) is 4.79 Å². The first-order valence-electron chi connectivity index (χ1n) is 4.38. The van der Waals surface area contributed by atoms with Crippen molar-refractivity contribution in [3.63, 3.8) is 0 Å². The maximum atomic E-state index is 10.8. The normalized spacial score (nSPS) is 10.1. The Bertz CT molecular complexity index is 527. The van der Waals surface area contributed by atoms with Crippen molar-refractivity contribution in [3.05, 3.63) is 40.7 Å². The topological polar surface area (TPSA) is 97.8 Å². The summed E-state index contributed by atoms with van der Waals surface area (Å²) in [6.07, 6.45) is 0. The average Bonchev–Trinajstić information content (AvgIpc) is 2.23. The summed E-state index contributed by atoms with van der Waals surface area (Å²) < 4.78 is 0. The molecule has 15 heavy (non-hydrogen) atoms. The van der Waals surface area contributed by atoms with E-state index >= 15 is 0 Å². The van der Waals surface area contributed by atoms with Crippen LogP contribution >= 0.6 is 0 Å². The lowest BCUT2D eigenvalue weighted by atomic mass is 10.1. The molecule has 5 nitrogen and oxygen atoms in total. The van der Waals surface area contributed by atoms with E-state index in [-0.39, 0.29) is 5.56 Å². The van der Waals surface area contributed by atoms with Crippen LogP contribution in [0.4, 0.5) is 11.4 Å². The van der Waals surface area contributed by atoms with Crippen LogP contribution in [-0.4, -0.2) is 10.2 Å².